The third-order valence-electron chi connectivity index (χ3n) is 5.66. The molecule has 2 aromatic rings. The summed E-state index contributed by atoms with van der Waals surface area (Å²) in [6, 6.07) is -3.01. The Kier molecular flexibility index (Phi) is 9.10. The Morgan fingerprint density at radius 3 is 2.25 bits per heavy atom. The van der Waals surface area contributed by atoms with E-state index in [9.17, 15) is 24.0 Å². The molecule has 8 N–H and O–H groups in total. The molecule has 0 saturated carbocycles. The summed E-state index contributed by atoms with van der Waals surface area (Å²) in [7, 11) is 0. The standard InChI is InChI=1S/C21H29N9O6/c22-6-17(31)28-14(4-12-7-23-10-26-12)19(34)29-15(5-13-8-24-11-27-13)21(36)30-3-1-2-16(30)20(35)25-9-18(32)33/h7-8,10-11,14-16H,1-6,9,22H2,(H,23,26)(H,24,27)(H,25,35)(H,28,31)(H,29,34)(H,32,33)/t14-,15-,16-/m0/s1. The molecule has 4 amide bonds. The van der Waals surface area contributed by atoms with Gasteiger partial charge in [-0.1, -0.05) is 0 Å². The highest BCUT2D eigenvalue weighted by Crippen LogP contribution is 2.19. The largest absolute Gasteiger partial charge is 0.480 e. The number of imidazole rings is 2. The minimum absolute atomic E-state index is 0.0478. The summed E-state index contributed by atoms with van der Waals surface area (Å²) < 4.78 is 0. The van der Waals surface area contributed by atoms with Gasteiger partial charge in [0.2, 0.25) is 23.6 Å². The average Bonchev–Trinajstić information content (AvgIpc) is 3.64. The quantitative estimate of drug-likeness (QED) is 0.157. The maximum atomic E-state index is 13.5. The van der Waals surface area contributed by atoms with Crippen LogP contribution in [0.5, 0.6) is 0 Å². The van der Waals surface area contributed by atoms with Gasteiger partial charge in [0.25, 0.3) is 0 Å². The molecule has 3 heterocycles. The van der Waals surface area contributed by atoms with Crippen molar-refractivity contribution in [2.24, 2.45) is 5.73 Å². The number of hydrogen-bond acceptors (Lipinski definition) is 8. The van der Waals surface area contributed by atoms with Gasteiger partial charge in [-0.15, -0.1) is 0 Å². The second kappa shape index (κ2) is 12.4. The van der Waals surface area contributed by atoms with E-state index < -0.39 is 54.3 Å². The first kappa shape index (κ1) is 26.3. The number of likely N-dealkylation sites (tertiary alicyclic amines) is 1. The van der Waals surface area contributed by atoms with Crippen molar-refractivity contribution in [3.8, 4) is 0 Å². The molecule has 15 heteroatoms. The van der Waals surface area contributed by atoms with Crippen LogP contribution < -0.4 is 21.7 Å². The fourth-order valence-electron chi connectivity index (χ4n) is 3.95. The Hall–Kier alpha value is -4.27. The minimum atomic E-state index is -1.20. The molecule has 1 aliphatic rings. The fourth-order valence-corrected chi connectivity index (χ4v) is 3.95. The molecule has 194 valence electrons. The third kappa shape index (κ3) is 7.11. The molecule has 15 nitrogen and oxygen atoms in total. The number of carbonyl (C=O) groups excluding carboxylic acids is 4. The van der Waals surface area contributed by atoms with Crippen LogP contribution in [0.15, 0.2) is 25.0 Å². The van der Waals surface area contributed by atoms with Crippen LogP contribution in [0.25, 0.3) is 0 Å². The molecule has 0 unspecified atom stereocenters. The highest BCUT2D eigenvalue weighted by Gasteiger charge is 2.38. The average molecular weight is 504 g/mol. The molecular formula is C21H29N9O6. The summed E-state index contributed by atoms with van der Waals surface area (Å²) >= 11 is 0. The number of hydrogen-bond donors (Lipinski definition) is 7. The van der Waals surface area contributed by atoms with Crippen LogP contribution in [0, 0.1) is 0 Å². The maximum Gasteiger partial charge on any atom is 0.322 e. The molecule has 1 saturated heterocycles. The lowest BCUT2D eigenvalue weighted by Gasteiger charge is -2.29. The van der Waals surface area contributed by atoms with E-state index in [4.69, 9.17) is 10.8 Å². The van der Waals surface area contributed by atoms with E-state index in [0.29, 0.717) is 24.2 Å². The Bertz CT molecular complexity index is 1060. The van der Waals surface area contributed by atoms with Crippen molar-refractivity contribution >= 4 is 29.6 Å². The molecule has 0 spiro atoms. The molecule has 2 aromatic heterocycles. The van der Waals surface area contributed by atoms with Crippen molar-refractivity contribution in [2.45, 2.75) is 43.8 Å². The van der Waals surface area contributed by atoms with E-state index in [2.05, 4.69) is 35.9 Å². The van der Waals surface area contributed by atoms with E-state index in [-0.39, 0.29) is 25.9 Å². The lowest BCUT2D eigenvalue weighted by Crippen LogP contribution is -2.58. The second-order valence-electron chi connectivity index (χ2n) is 8.25. The van der Waals surface area contributed by atoms with Crippen molar-refractivity contribution in [2.75, 3.05) is 19.6 Å². The van der Waals surface area contributed by atoms with Gasteiger partial charge < -0.3 is 41.7 Å². The van der Waals surface area contributed by atoms with Gasteiger partial charge in [0, 0.05) is 43.2 Å². The molecule has 0 aliphatic carbocycles. The van der Waals surface area contributed by atoms with Crippen molar-refractivity contribution in [1.82, 2.24) is 40.8 Å². The highest BCUT2D eigenvalue weighted by atomic mass is 16.4. The van der Waals surface area contributed by atoms with E-state index in [1.807, 2.05) is 0 Å². The number of aliphatic carboxylic acids is 1. The molecule has 1 fully saturated rings. The molecule has 0 radical (unpaired) electrons. The number of carboxylic acid groups (broad SMARTS) is 1. The lowest BCUT2D eigenvalue weighted by atomic mass is 10.1. The number of H-pyrrole nitrogens is 2. The zero-order valence-electron chi connectivity index (χ0n) is 19.4. The molecule has 0 bridgehead atoms. The Morgan fingerprint density at radius 1 is 1.06 bits per heavy atom. The van der Waals surface area contributed by atoms with E-state index >= 15 is 0 Å². The van der Waals surface area contributed by atoms with Crippen LogP contribution in [0.2, 0.25) is 0 Å². The predicted octanol–water partition coefficient (Wildman–Crippen LogP) is -2.96. The normalized spacial score (nSPS) is 16.7. The van der Waals surface area contributed by atoms with E-state index in [1.54, 1.807) is 0 Å². The van der Waals surface area contributed by atoms with Gasteiger partial charge in [-0.3, -0.25) is 24.0 Å². The molecule has 3 rings (SSSR count). The summed E-state index contributed by atoms with van der Waals surface area (Å²) in [5.41, 5.74) is 6.54. The predicted molar refractivity (Wildman–Crippen MR) is 123 cm³/mol. The number of carbonyl (C=O) groups is 5. The first-order valence-corrected chi connectivity index (χ1v) is 11.3. The second-order valence-corrected chi connectivity index (χ2v) is 8.25. The van der Waals surface area contributed by atoms with Crippen molar-refractivity contribution in [3.63, 3.8) is 0 Å². The van der Waals surface area contributed by atoms with Gasteiger partial charge in [-0.25, -0.2) is 9.97 Å². The number of aromatic nitrogens is 4. The van der Waals surface area contributed by atoms with Crippen molar-refractivity contribution in [1.29, 1.82) is 0 Å². The van der Waals surface area contributed by atoms with Crippen molar-refractivity contribution < 1.29 is 29.1 Å². The number of carboxylic acids is 1. The van der Waals surface area contributed by atoms with Gasteiger partial charge in [0.1, 0.15) is 24.7 Å². The van der Waals surface area contributed by atoms with Crippen molar-refractivity contribution in [3.05, 3.63) is 36.4 Å². The summed E-state index contributed by atoms with van der Waals surface area (Å²) in [4.78, 5) is 77.0. The van der Waals surface area contributed by atoms with Gasteiger partial charge in [-0.2, -0.15) is 0 Å². The molecule has 0 aromatic carbocycles. The van der Waals surface area contributed by atoms with Crippen LogP contribution in [-0.2, 0) is 36.8 Å². The fraction of sp³-hybridized carbons (Fsp3) is 0.476. The Balaban J connectivity index is 1.78. The van der Waals surface area contributed by atoms with Crippen LogP contribution in [0.4, 0.5) is 0 Å². The maximum absolute atomic E-state index is 13.5. The third-order valence-corrected chi connectivity index (χ3v) is 5.66. The molecule has 36 heavy (non-hydrogen) atoms. The summed E-state index contributed by atoms with van der Waals surface area (Å²) in [5.74, 6) is -3.49. The molecular weight excluding hydrogens is 474 g/mol. The number of amides is 4. The SMILES string of the molecule is NCC(=O)N[C@@H](Cc1cnc[nH]1)C(=O)N[C@@H](Cc1cnc[nH]1)C(=O)N1CCC[C@H]1C(=O)NCC(=O)O. The van der Waals surface area contributed by atoms with Crippen LogP contribution in [-0.4, -0.2) is 97.3 Å². The van der Waals surface area contributed by atoms with Crippen LogP contribution in [0.3, 0.4) is 0 Å². The van der Waals surface area contributed by atoms with Gasteiger partial charge in [0.15, 0.2) is 0 Å². The first-order chi connectivity index (χ1) is 17.3. The van der Waals surface area contributed by atoms with Gasteiger partial charge >= 0.3 is 5.97 Å². The number of nitrogens with two attached hydrogens (primary N) is 1. The van der Waals surface area contributed by atoms with E-state index in [0.717, 1.165) is 0 Å². The van der Waals surface area contributed by atoms with Crippen LogP contribution >= 0.6 is 0 Å². The molecule has 3 atom stereocenters. The minimum Gasteiger partial charge on any atom is -0.480 e. The monoisotopic (exact) mass is 503 g/mol. The van der Waals surface area contributed by atoms with Gasteiger partial charge in [0.05, 0.1) is 19.2 Å². The zero-order chi connectivity index (χ0) is 26.1. The van der Waals surface area contributed by atoms with E-state index in [1.165, 1.54) is 29.9 Å². The summed E-state index contributed by atoms with van der Waals surface area (Å²) in [6.07, 6.45) is 6.90. The zero-order valence-corrected chi connectivity index (χ0v) is 19.4. The first-order valence-electron chi connectivity index (χ1n) is 11.3. The number of nitrogens with zero attached hydrogens (tertiary/aromatic N) is 3. The Labute approximate surface area is 205 Å². The summed E-state index contributed by atoms with van der Waals surface area (Å²) in [5, 5.41) is 16.4. The number of rotatable bonds is 12. The topological polar surface area (TPSA) is 228 Å². The van der Waals surface area contributed by atoms with Crippen LogP contribution in [0.1, 0.15) is 24.2 Å². The number of aromatic amines is 2. The number of nitrogens with one attached hydrogen (secondary N) is 5. The summed E-state index contributed by atoms with van der Waals surface area (Å²) in [6.45, 7) is -0.632. The lowest BCUT2D eigenvalue weighted by molar-refractivity contribution is -0.143. The Morgan fingerprint density at radius 2 is 1.69 bits per heavy atom. The molecule has 1 aliphatic heterocycles. The highest BCUT2D eigenvalue weighted by molar-refractivity contribution is 5.95. The smallest absolute Gasteiger partial charge is 0.322 e. The van der Waals surface area contributed by atoms with Gasteiger partial charge in [-0.05, 0) is 12.8 Å².